The first-order valence-corrected chi connectivity index (χ1v) is 8.72. The second kappa shape index (κ2) is 5.19. The van der Waals surface area contributed by atoms with Crippen molar-refractivity contribution in [1.82, 2.24) is 4.90 Å². The topological polar surface area (TPSA) is 54.5 Å². The van der Waals surface area contributed by atoms with Gasteiger partial charge in [0.25, 0.3) is 0 Å². The van der Waals surface area contributed by atoms with E-state index in [1.807, 2.05) is 4.90 Å². The molecule has 0 spiro atoms. The second-order valence-corrected chi connectivity index (χ2v) is 8.27. The van der Waals surface area contributed by atoms with Crippen molar-refractivity contribution >= 4 is 15.7 Å². The van der Waals surface area contributed by atoms with Gasteiger partial charge >= 0.3 is 0 Å². The van der Waals surface area contributed by atoms with Gasteiger partial charge in [0, 0.05) is 12.6 Å². The Morgan fingerprint density at radius 2 is 1.94 bits per heavy atom. The van der Waals surface area contributed by atoms with Crippen LogP contribution in [0.5, 0.6) is 0 Å². The van der Waals surface area contributed by atoms with E-state index >= 15 is 0 Å². The number of hydrogen-bond acceptors (Lipinski definition) is 3. The maximum atomic E-state index is 12.4. The predicted octanol–water partition coefficient (Wildman–Crippen LogP) is 1.46. The summed E-state index contributed by atoms with van der Waals surface area (Å²) in [7, 11) is -2.96. The lowest BCUT2D eigenvalue weighted by Crippen LogP contribution is -2.39. The number of hydrogen-bond donors (Lipinski definition) is 0. The maximum Gasteiger partial charge on any atom is 0.226 e. The summed E-state index contributed by atoms with van der Waals surface area (Å²) >= 11 is 0. The van der Waals surface area contributed by atoms with Gasteiger partial charge in [-0.05, 0) is 31.6 Å². The highest BCUT2D eigenvalue weighted by Gasteiger charge is 2.40. The number of rotatable bonds is 5. The van der Waals surface area contributed by atoms with E-state index in [2.05, 4.69) is 13.8 Å². The van der Waals surface area contributed by atoms with Gasteiger partial charge in [0.1, 0.15) is 0 Å². The highest BCUT2D eigenvalue weighted by atomic mass is 32.2. The number of carbonyl (C=O) groups excluding carboxylic acids is 1. The third-order valence-electron chi connectivity index (χ3n) is 3.80. The minimum Gasteiger partial charge on any atom is -0.339 e. The molecule has 0 aromatic heterocycles. The normalized spacial score (nSPS) is 26.5. The second-order valence-electron chi connectivity index (χ2n) is 6.05. The summed E-state index contributed by atoms with van der Waals surface area (Å²) in [6.45, 7) is 5.09. The van der Waals surface area contributed by atoms with Crippen LogP contribution in [0.15, 0.2) is 0 Å². The first-order chi connectivity index (χ1) is 8.39. The molecule has 1 aliphatic carbocycles. The quantitative estimate of drug-likeness (QED) is 0.762. The molecule has 1 amide bonds. The van der Waals surface area contributed by atoms with E-state index in [-0.39, 0.29) is 23.3 Å². The van der Waals surface area contributed by atoms with Gasteiger partial charge in [0.2, 0.25) is 5.91 Å². The molecule has 18 heavy (non-hydrogen) atoms. The zero-order valence-electron chi connectivity index (χ0n) is 11.3. The van der Waals surface area contributed by atoms with Gasteiger partial charge < -0.3 is 4.90 Å². The molecule has 2 fully saturated rings. The van der Waals surface area contributed by atoms with Crippen LogP contribution in [0.2, 0.25) is 0 Å². The SMILES string of the molecule is CC(C)CCN(C(=O)C1CCS(=O)(=O)C1)C1CC1. The Balaban J connectivity index is 1.96. The highest BCUT2D eigenvalue weighted by molar-refractivity contribution is 7.91. The van der Waals surface area contributed by atoms with Crippen LogP contribution in [0.25, 0.3) is 0 Å². The molecule has 0 N–H and O–H groups in total. The van der Waals surface area contributed by atoms with Crippen molar-refractivity contribution in [3.63, 3.8) is 0 Å². The van der Waals surface area contributed by atoms with Crippen molar-refractivity contribution in [3.8, 4) is 0 Å². The van der Waals surface area contributed by atoms with E-state index in [4.69, 9.17) is 0 Å². The van der Waals surface area contributed by atoms with Crippen LogP contribution >= 0.6 is 0 Å². The molecule has 1 aliphatic heterocycles. The number of carbonyl (C=O) groups is 1. The Labute approximate surface area is 110 Å². The average molecular weight is 273 g/mol. The predicted molar refractivity (Wildman–Crippen MR) is 71.0 cm³/mol. The fraction of sp³-hybridized carbons (Fsp3) is 0.923. The molecular formula is C13H23NO3S. The minimum absolute atomic E-state index is 0.0662. The largest absolute Gasteiger partial charge is 0.339 e. The minimum atomic E-state index is -2.96. The molecule has 0 radical (unpaired) electrons. The van der Waals surface area contributed by atoms with Crippen LogP contribution in [0.4, 0.5) is 0 Å². The average Bonchev–Trinajstić information content (AvgIpc) is 3.02. The fourth-order valence-corrected chi connectivity index (χ4v) is 4.21. The van der Waals surface area contributed by atoms with E-state index in [9.17, 15) is 13.2 Å². The molecule has 4 nitrogen and oxygen atoms in total. The Morgan fingerprint density at radius 3 is 2.39 bits per heavy atom. The molecule has 0 aromatic rings. The van der Waals surface area contributed by atoms with Crippen LogP contribution in [0.3, 0.4) is 0 Å². The van der Waals surface area contributed by atoms with E-state index in [0.717, 1.165) is 25.8 Å². The third kappa shape index (κ3) is 3.46. The molecule has 1 saturated heterocycles. The van der Waals surface area contributed by atoms with Crippen molar-refractivity contribution in [3.05, 3.63) is 0 Å². The molecule has 1 heterocycles. The van der Waals surface area contributed by atoms with Gasteiger partial charge in [-0.15, -0.1) is 0 Å². The van der Waals surface area contributed by atoms with Gasteiger partial charge in [0.05, 0.1) is 17.4 Å². The lowest BCUT2D eigenvalue weighted by molar-refractivity contribution is -0.135. The molecule has 2 aliphatic rings. The summed E-state index contributed by atoms with van der Waals surface area (Å²) in [6, 6.07) is 0.388. The van der Waals surface area contributed by atoms with Crippen molar-refractivity contribution in [2.45, 2.75) is 45.6 Å². The molecule has 1 unspecified atom stereocenters. The molecule has 0 aromatic carbocycles. The fourth-order valence-electron chi connectivity index (χ4n) is 2.48. The number of sulfone groups is 1. The van der Waals surface area contributed by atoms with Crippen molar-refractivity contribution in [2.75, 3.05) is 18.1 Å². The summed E-state index contributed by atoms with van der Waals surface area (Å²) in [4.78, 5) is 14.3. The maximum absolute atomic E-state index is 12.4. The summed E-state index contributed by atoms with van der Waals surface area (Å²) in [6.07, 6.45) is 3.69. The van der Waals surface area contributed by atoms with E-state index in [1.165, 1.54) is 0 Å². The molecule has 1 atom stereocenters. The standard InChI is InChI=1S/C13H23NO3S/c1-10(2)5-7-14(12-3-4-12)13(15)11-6-8-18(16,17)9-11/h10-12H,3-9H2,1-2H3. The van der Waals surface area contributed by atoms with Crippen molar-refractivity contribution < 1.29 is 13.2 Å². The van der Waals surface area contributed by atoms with Crippen LogP contribution in [0, 0.1) is 11.8 Å². The first kappa shape index (κ1) is 13.8. The Bertz CT molecular complexity index is 412. The summed E-state index contributed by atoms with van der Waals surface area (Å²) in [5.74, 6) is 0.636. The highest BCUT2D eigenvalue weighted by Crippen LogP contribution is 2.31. The van der Waals surface area contributed by atoms with Gasteiger partial charge in [-0.1, -0.05) is 13.8 Å². The molecular weight excluding hydrogens is 250 g/mol. The molecule has 2 rings (SSSR count). The number of nitrogens with zero attached hydrogens (tertiary/aromatic N) is 1. The molecule has 1 saturated carbocycles. The van der Waals surface area contributed by atoms with Crippen LogP contribution < -0.4 is 0 Å². The molecule has 5 heteroatoms. The third-order valence-corrected chi connectivity index (χ3v) is 5.57. The van der Waals surface area contributed by atoms with Gasteiger partial charge in [-0.3, -0.25) is 4.79 Å². The molecule has 0 bridgehead atoms. The lowest BCUT2D eigenvalue weighted by atomic mass is 10.1. The summed E-state index contributed by atoms with van der Waals surface area (Å²) in [5.41, 5.74) is 0. The van der Waals surface area contributed by atoms with Gasteiger partial charge in [-0.25, -0.2) is 8.42 Å². The number of amides is 1. The monoisotopic (exact) mass is 273 g/mol. The smallest absolute Gasteiger partial charge is 0.226 e. The van der Waals surface area contributed by atoms with E-state index in [1.54, 1.807) is 0 Å². The molecule has 104 valence electrons. The van der Waals surface area contributed by atoms with E-state index < -0.39 is 9.84 Å². The zero-order valence-corrected chi connectivity index (χ0v) is 12.1. The van der Waals surface area contributed by atoms with Crippen molar-refractivity contribution in [2.24, 2.45) is 11.8 Å². The van der Waals surface area contributed by atoms with Gasteiger partial charge in [-0.2, -0.15) is 0 Å². The zero-order chi connectivity index (χ0) is 13.3. The van der Waals surface area contributed by atoms with Crippen LogP contribution in [-0.2, 0) is 14.6 Å². The van der Waals surface area contributed by atoms with Crippen LogP contribution in [-0.4, -0.2) is 43.3 Å². The Kier molecular flexibility index (Phi) is 3.99. The summed E-state index contributed by atoms with van der Waals surface area (Å²) in [5, 5.41) is 0. The lowest BCUT2D eigenvalue weighted by Gasteiger charge is -2.26. The Morgan fingerprint density at radius 1 is 1.28 bits per heavy atom. The van der Waals surface area contributed by atoms with Crippen LogP contribution in [0.1, 0.15) is 39.5 Å². The summed E-state index contributed by atoms with van der Waals surface area (Å²) < 4.78 is 22.9. The Hall–Kier alpha value is -0.580. The van der Waals surface area contributed by atoms with E-state index in [0.29, 0.717) is 18.4 Å². The first-order valence-electron chi connectivity index (χ1n) is 6.90. The van der Waals surface area contributed by atoms with Crippen molar-refractivity contribution in [1.29, 1.82) is 0 Å². The van der Waals surface area contributed by atoms with Gasteiger partial charge in [0.15, 0.2) is 9.84 Å².